The predicted molar refractivity (Wildman–Crippen MR) is 75.4 cm³/mol. The highest BCUT2D eigenvalue weighted by Gasteiger charge is 2.25. The molecule has 0 unspecified atom stereocenters. The molecule has 2 N–H and O–H groups in total. The molecule has 0 saturated carbocycles. The second-order valence-corrected chi connectivity index (χ2v) is 5.40. The van der Waals surface area contributed by atoms with E-state index in [2.05, 4.69) is 20.0 Å². The van der Waals surface area contributed by atoms with Crippen LogP contribution in [0.5, 0.6) is 0 Å². The molecule has 3 heterocycles. The van der Waals surface area contributed by atoms with Crippen LogP contribution in [0.2, 0.25) is 5.02 Å². The minimum absolute atomic E-state index is 0.234. The lowest BCUT2D eigenvalue weighted by molar-refractivity contribution is -0.900. The van der Waals surface area contributed by atoms with Crippen LogP contribution >= 0.6 is 11.6 Å². The number of quaternary nitrogens is 1. The number of aromatic nitrogens is 4. The summed E-state index contributed by atoms with van der Waals surface area (Å²) < 4.78 is 1.70. The number of nitrogens with one attached hydrogen (secondary N) is 1. The zero-order valence-corrected chi connectivity index (χ0v) is 12.1. The van der Waals surface area contributed by atoms with Crippen LogP contribution in [0.15, 0.2) is 6.33 Å². The fourth-order valence-electron chi connectivity index (χ4n) is 2.63. The van der Waals surface area contributed by atoms with E-state index in [1.807, 2.05) is 6.92 Å². The molecule has 2 aromatic rings. The molecule has 8 heteroatoms. The Balaban J connectivity index is 1.91. The van der Waals surface area contributed by atoms with Gasteiger partial charge in [0.05, 0.1) is 38.5 Å². The third-order valence-corrected chi connectivity index (χ3v) is 4.19. The summed E-state index contributed by atoms with van der Waals surface area (Å²) in [7, 11) is 0. The molecule has 1 fully saturated rings. The van der Waals surface area contributed by atoms with E-state index < -0.39 is 0 Å². The number of rotatable bonds is 3. The summed E-state index contributed by atoms with van der Waals surface area (Å²) >= 11 is 6.42. The molecule has 0 atom stereocenters. The lowest BCUT2D eigenvalue weighted by Crippen LogP contribution is -3.15. The van der Waals surface area contributed by atoms with Gasteiger partial charge < -0.3 is 14.9 Å². The Morgan fingerprint density at radius 1 is 1.40 bits per heavy atom. The zero-order chi connectivity index (χ0) is 14.1. The van der Waals surface area contributed by atoms with Crippen LogP contribution in [-0.4, -0.2) is 64.0 Å². The highest BCUT2D eigenvalue weighted by atomic mass is 35.5. The topological polar surface area (TPSA) is 71.0 Å². The molecule has 20 heavy (non-hydrogen) atoms. The van der Waals surface area contributed by atoms with E-state index in [9.17, 15) is 0 Å². The Morgan fingerprint density at radius 2 is 2.15 bits per heavy atom. The molecule has 1 saturated heterocycles. The van der Waals surface area contributed by atoms with Crippen molar-refractivity contribution in [3.05, 3.63) is 17.0 Å². The van der Waals surface area contributed by atoms with Crippen LogP contribution in [0, 0.1) is 6.92 Å². The van der Waals surface area contributed by atoms with E-state index >= 15 is 0 Å². The van der Waals surface area contributed by atoms with Crippen molar-refractivity contribution in [2.45, 2.75) is 6.92 Å². The normalized spacial score (nSPS) is 17.1. The first-order valence-electron chi connectivity index (χ1n) is 6.76. The molecule has 0 bridgehead atoms. The minimum atomic E-state index is 0.234. The van der Waals surface area contributed by atoms with Gasteiger partial charge in [-0.3, -0.25) is 0 Å². The maximum absolute atomic E-state index is 9.01. The third kappa shape index (κ3) is 2.32. The van der Waals surface area contributed by atoms with Crippen molar-refractivity contribution in [1.29, 1.82) is 0 Å². The molecule has 7 nitrogen and oxygen atoms in total. The van der Waals surface area contributed by atoms with Gasteiger partial charge >= 0.3 is 0 Å². The Hall–Kier alpha value is -1.44. The van der Waals surface area contributed by atoms with Crippen molar-refractivity contribution in [2.24, 2.45) is 0 Å². The lowest BCUT2D eigenvalue weighted by Gasteiger charge is -2.33. The van der Waals surface area contributed by atoms with E-state index in [1.165, 1.54) is 11.2 Å². The summed E-state index contributed by atoms with van der Waals surface area (Å²) in [6, 6.07) is 0. The van der Waals surface area contributed by atoms with Gasteiger partial charge in [-0.05, 0) is 6.92 Å². The van der Waals surface area contributed by atoms with E-state index in [0.717, 1.165) is 44.2 Å². The van der Waals surface area contributed by atoms with Crippen LogP contribution < -0.4 is 9.80 Å². The lowest BCUT2D eigenvalue weighted by atomic mass is 10.3. The monoisotopic (exact) mass is 297 g/mol. The first-order valence-corrected chi connectivity index (χ1v) is 7.13. The van der Waals surface area contributed by atoms with Gasteiger partial charge in [0.1, 0.15) is 17.9 Å². The van der Waals surface area contributed by atoms with Gasteiger partial charge in [-0.1, -0.05) is 11.6 Å². The zero-order valence-electron chi connectivity index (χ0n) is 11.4. The molecular formula is C12H18ClN6O+. The van der Waals surface area contributed by atoms with Crippen molar-refractivity contribution in [3.8, 4) is 0 Å². The summed E-state index contributed by atoms with van der Waals surface area (Å²) in [6.07, 6.45) is 1.49. The third-order valence-electron chi connectivity index (χ3n) is 3.75. The van der Waals surface area contributed by atoms with Crippen molar-refractivity contribution in [1.82, 2.24) is 19.6 Å². The number of halogens is 1. The molecule has 3 rings (SSSR count). The summed E-state index contributed by atoms with van der Waals surface area (Å²) in [5.41, 5.74) is 0.771. The fourth-order valence-corrected chi connectivity index (χ4v) is 2.87. The van der Waals surface area contributed by atoms with Crippen LogP contribution in [0.4, 0.5) is 5.82 Å². The SMILES string of the molecule is Cc1nc2ncnn2c(N2CC[NH+](CCO)CC2)c1Cl. The largest absolute Gasteiger partial charge is 0.391 e. The molecule has 1 aliphatic rings. The second kappa shape index (κ2) is 5.51. The molecule has 2 aromatic heterocycles. The van der Waals surface area contributed by atoms with Gasteiger partial charge in [-0.2, -0.15) is 14.6 Å². The number of anilines is 1. The van der Waals surface area contributed by atoms with Gasteiger partial charge in [0, 0.05) is 0 Å². The highest BCUT2D eigenvalue weighted by Crippen LogP contribution is 2.27. The predicted octanol–water partition coefficient (Wildman–Crippen LogP) is -1.22. The van der Waals surface area contributed by atoms with Gasteiger partial charge in [0.25, 0.3) is 5.78 Å². The number of piperazine rings is 1. The Kier molecular flexibility index (Phi) is 3.73. The molecular weight excluding hydrogens is 280 g/mol. The number of aliphatic hydroxyl groups is 1. The van der Waals surface area contributed by atoms with E-state index in [0.29, 0.717) is 10.8 Å². The van der Waals surface area contributed by atoms with E-state index in [1.54, 1.807) is 4.52 Å². The van der Waals surface area contributed by atoms with Crippen LogP contribution in [0.1, 0.15) is 5.69 Å². The van der Waals surface area contributed by atoms with Crippen LogP contribution in [0.3, 0.4) is 0 Å². The van der Waals surface area contributed by atoms with Crippen LogP contribution in [-0.2, 0) is 0 Å². The quantitative estimate of drug-likeness (QED) is 0.743. The second-order valence-electron chi connectivity index (χ2n) is 5.02. The van der Waals surface area contributed by atoms with E-state index in [-0.39, 0.29) is 6.61 Å². The molecule has 0 radical (unpaired) electrons. The molecule has 1 aliphatic heterocycles. The molecule has 108 valence electrons. The average Bonchev–Trinajstić information content (AvgIpc) is 2.89. The smallest absolute Gasteiger partial charge is 0.254 e. The van der Waals surface area contributed by atoms with Gasteiger partial charge in [-0.25, -0.2) is 4.98 Å². The number of hydrogen-bond donors (Lipinski definition) is 2. The molecule has 0 aliphatic carbocycles. The van der Waals surface area contributed by atoms with Crippen molar-refractivity contribution < 1.29 is 10.0 Å². The van der Waals surface area contributed by atoms with Gasteiger partial charge in [-0.15, -0.1) is 0 Å². The Labute approximate surface area is 121 Å². The fraction of sp³-hybridized carbons (Fsp3) is 0.583. The number of fused-ring (bicyclic) bond motifs is 1. The molecule has 0 amide bonds. The summed E-state index contributed by atoms with van der Waals surface area (Å²) in [5, 5.41) is 13.9. The number of hydrogen-bond acceptors (Lipinski definition) is 5. The average molecular weight is 298 g/mol. The number of aryl methyl sites for hydroxylation is 1. The summed E-state index contributed by atoms with van der Waals surface area (Å²) in [4.78, 5) is 12.1. The Morgan fingerprint density at radius 3 is 2.85 bits per heavy atom. The number of aliphatic hydroxyl groups excluding tert-OH is 1. The van der Waals surface area contributed by atoms with Gasteiger partial charge in [0.2, 0.25) is 0 Å². The van der Waals surface area contributed by atoms with E-state index in [4.69, 9.17) is 16.7 Å². The Bertz CT molecular complexity index is 607. The summed E-state index contributed by atoms with van der Waals surface area (Å²) in [6.45, 7) is 6.64. The standard InChI is InChI=1S/C12H17ClN6O/c1-9-10(13)11(19-12(16-9)14-8-15-19)18-4-2-17(3-5-18)6-7-20/h8,20H,2-7H2,1H3/p+1. The van der Waals surface area contributed by atoms with Crippen molar-refractivity contribution in [3.63, 3.8) is 0 Å². The highest BCUT2D eigenvalue weighted by molar-refractivity contribution is 6.33. The summed E-state index contributed by atoms with van der Waals surface area (Å²) in [5.74, 6) is 1.45. The maximum atomic E-state index is 9.01. The van der Waals surface area contributed by atoms with Crippen LogP contribution in [0.25, 0.3) is 5.78 Å². The first kappa shape index (κ1) is 13.5. The minimum Gasteiger partial charge on any atom is -0.391 e. The maximum Gasteiger partial charge on any atom is 0.254 e. The van der Waals surface area contributed by atoms with Crippen molar-refractivity contribution in [2.75, 3.05) is 44.2 Å². The molecule has 0 aromatic carbocycles. The molecule has 0 spiro atoms. The first-order chi connectivity index (χ1) is 9.70. The van der Waals surface area contributed by atoms with Gasteiger partial charge in [0.15, 0.2) is 5.82 Å². The van der Waals surface area contributed by atoms with Crippen molar-refractivity contribution >= 4 is 23.2 Å². The number of nitrogens with zero attached hydrogens (tertiary/aromatic N) is 5.